The Kier molecular flexibility index (Phi) is 6.18. The molecule has 3 aromatic rings. The summed E-state index contributed by atoms with van der Waals surface area (Å²) in [7, 11) is 0. The fourth-order valence-electron chi connectivity index (χ4n) is 3.93. The van der Waals surface area contributed by atoms with Gasteiger partial charge in [-0.25, -0.2) is 4.79 Å². The van der Waals surface area contributed by atoms with Crippen LogP contribution >= 0.6 is 11.3 Å². The number of hydrogen-bond acceptors (Lipinski definition) is 5. The van der Waals surface area contributed by atoms with E-state index in [4.69, 9.17) is 4.74 Å². The van der Waals surface area contributed by atoms with Gasteiger partial charge in [0, 0.05) is 22.2 Å². The van der Waals surface area contributed by atoms with E-state index in [1.54, 1.807) is 0 Å². The van der Waals surface area contributed by atoms with Crippen molar-refractivity contribution < 1.29 is 19.7 Å². The van der Waals surface area contributed by atoms with Crippen LogP contribution in [0.1, 0.15) is 39.3 Å². The molecule has 1 heterocycles. The van der Waals surface area contributed by atoms with Crippen LogP contribution in [0.3, 0.4) is 0 Å². The summed E-state index contributed by atoms with van der Waals surface area (Å²) >= 11 is 1.45. The van der Waals surface area contributed by atoms with Crippen LogP contribution in [0.25, 0.3) is 11.1 Å². The fraction of sp³-hybridized carbons (Fsp3) is 0.292. The Morgan fingerprint density at radius 3 is 2.27 bits per heavy atom. The molecule has 4 rings (SSSR count). The second-order valence-electron chi connectivity index (χ2n) is 7.50. The number of carbonyl (C=O) groups is 1. The number of thiophene rings is 1. The van der Waals surface area contributed by atoms with Crippen molar-refractivity contribution in [2.75, 3.05) is 13.2 Å². The summed E-state index contributed by atoms with van der Waals surface area (Å²) in [6.07, 6.45) is -2.18. The predicted molar refractivity (Wildman–Crippen MR) is 118 cm³/mol. The largest absolute Gasteiger partial charge is 0.449 e. The maximum absolute atomic E-state index is 12.2. The molecule has 0 saturated heterocycles. The molecule has 0 saturated carbocycles. The molecule has 5 nitrogen and oxygen atoms in total. The molecular formula is C24H25NO4S. The van der Waals surface area contributed by atoms with Gasteiger partial charge < -0.3 is 20.3 Å². The first-order chi connectivity index (χ1) is 14.5. The molecule has 1 amide bonds. The van der Waals surface area contributed by atoms with Crippen molar-refractivity contribution in [1.29, 1.82) is 0 Å². The van der Waals surface area contributed by atoms with Crippen molar-refractivity contribution in [3.8, 4) is 11.1 Å². The van der Waals surface area contributed by atoms with E-state index in [0.717, 1.165) is 20.9 Å². The van der Waals surface area contributed by atoms with Crippen LogP contribution in [0.4, 0.5) is 4.79 Å². The zero-order valence-corrected chi connectivity index (χ0v) is 17.6. The van der Waals surface area contributed by atoms with Crippen molar-refractivity contribution in [2.45, 2.75) is 31.5 Å². The first kappa shape index (κ1) is 20.6. The number of rotatable bonds is 7. The van der Waals surface area contributed by atoms with Crippen LogP contribution in [0.15, 0.2) is 60.7 Å². The number of benzene rings is 2. The SMILES string of the molecule is Cc1ccc(C(O)C(O)CCNC(=O)OCC2c3ccccc3-c3ccccc32)s1. The van der Waals surface area contributed by atoms with E-state index in [1.165, 1.54) is 22.5 Å². The second kappa shape index (κ2) is 9.00. The van der Waals surface area contributed by atoms with Crippen LogP contribution in [-0.2, 0) is 4.74 Å². The smallest absolute Gasteiger partial charge is 0.407 e. The Morgan fingerprint density at radius 1 is 1.03 bits per heavy atom. The number of aryl methyl sites for hydroxylation is 1. The Bertz CT molecular complexity index is 986. The molecule has 1 aromatic heterocycles. The molecule has 0 aliphatic heterocycles. The van der Waals surface area contributed by atoms with Gasteiger partial charge in [-0.05, 0) is 47.7 Å². The number of carbonyl (C=O) groups excluding carboxylic acids is 1. The standard InChI is InChI=1S/C24H25NO4S/c1-15-10-11-22(30-15)23(27)21(26)12-13-25-24(28)29-14-20-18-8-4-2-6-16(18)17-7-3-5-9-19(17)20/h2-11,20-21,23,26-27H,12-14H2,1H3,(H,25,28). The molecular weight excluding hydrogens is 398 g/mol. The third-order valence-corrected chi connectivity index (χ3v) is 6.54. The zero-order valence-electron chi connectivity index (χ0n) is 16.7. The summed E-state index contributed by atoms with van der Waals surface area (Å²) in [5, 5.41) is 23.1. The first-order valence-electron chi connectivity index (χ1n) is 10.1. The first-order valence-corrected chi connectivity index (χ1v) is 10.9. The molecule has 3 N–H and O–H groups in total. The van der Waals surface area contributed by atoms with Gasteiger partial charge in [0.2, 0.25) is 0 Å². The molecule has 2 atom stereocenters. The number of hydrogen-bond donors (Lipinski definition) is 3. The van der Waals surface area contributed by atoms with E-state index in [0.29, 0.717) is 0 Å². The van der Waals surface area contributed by atoms with Gasteiger partial charge in [0.05, 0.1) is 6.10 Å². The minimum Gasteiger partial charge on any atom is -0.449 e. The van der Waals surface area contributed by atoms with Gasteiger partial charge in [0.1, 0.15) is 12.7 Å². The second-order valence-corrected chi connectivity index (χ2v) is 8.82. The lowest BCUT2D eigenvalue weighted by atomic mass is 9.98. The monoisotopic (exact) mass is 423 g/mol. The Morgan fingerprint density at radius 2 is 1.67 bits per heavy atom. The molecule has 0 fully saturated rings. The highest BCUT2D eigenvalue weighted by atomic mass is 32.1. The van der Waals surface area contributed by atoms with Crippen molar-refractivity contribution in [2.24, 2.45) is 0 Å². The van der Waals surface area contributed by atoms with Gasteiger partial charge in [-0.3, -0.25) is 0 Å². The van der Waals surface area contributed by atoms with Crippen LogP contribution in [-0.4, -0.2) is 35.6 Å². The number of aliphatic hydroxyl groups excluding tert-OH is 2. The summed E-state index contributed by atoms with van der Waals surface area (Å²) in [5.74, 6) is 0.0117. The van der Waals surface area contributed by atoms with Crippen LogP contribution in [0, 0.1) is 6.92 Å². The van der Waals surface area contributed by atoms with Crippen molar-refractivity contribution in [3.63, 3.8) is 0 Å². The Balaban J connectivity index is 1.28. The third kappa shape index (κ3) is 4.26. The molecule has 1 aliphatic carbocycles. The van der Waals surface area contributed by atoms with Crippen LogP contribution < -0.4 is 5.32 Å². The molecule has 30 heavy (non-hydrogen) atoms. The van der Waals surface area contributed by atoms with Crippen LogP contribution in [0.5, 0.6) is 0 Å². The summed E-state index contributed by atoms with van der Waals surface area (Å²) in [6, 6.07) is 20.1. The number of amides is 1. The average Bonchev–Trinajstić information content (AvgIpc) is 3.33. The molecule has 1 aliphatic rings. The maximum atomic E-state index is 12.2. The van der Waals surface area contributed by atoms with E-state index in [2.05, 4.69) is 29.6 Å². The topological polar surface area (TPSA) is 78.8 Å². The van der Waals surface area contributed by atoms with Gasteiger partial charge in [0.15, 0.2) is 0 Å². The van der Waals surface area contributed by atoms with Gasteiger partial charge >= 0.3 is 6.09 Å². The lowest BCUT2D eigenvalue weighted by molar-refractivity contribution is 0.0158. The summed E-state index contributed by atoms with van der Waals surface area (Å²) in [4.78, 5) is 14.0. The van der Waals surface area contributed by atoms with Crippen LogP contribution in [0.2, 0.25) is 0 Å². The third-order valence-electron chi connectivity index (χ3n) is 5.47. The Hall–Kier alpha value is -2.67. The van der Waals surface area contributed by atoms with E-state index in [-0.39, 0.29) is 25.5 Å². The molecule has 0 radical (unpaired) electrons. The molecule has 156 valence electrons. The van der Waals surface area contributed by atoms with Crippen molar-refractivity contribution in [1.82, 2.24) is 5.32 Å². The molecule has 2 unspecified atom stereocenters. The molecule has 0 bridgehead atoms. The normalized spacial score (nSPS) is 14.6. The van der Waals surface area contributed by atoms with E-state index in [9.17, 15) is 15.0 Å². The number of alkyl carbamates (subject to hydrolysis) is 1. The zero-order chi connectivity index (χ0) is 21.1. The van der Waals surface area contributed by atoms with E-state index in [1.807, 2.05) is 43.3 Å². The minimum absolute atomic E-state index is 0.0117. The highest BCUT2D eigenvalue weighted by molar-refractivity contribution is 7.12. The number of nitrogens with one attached hydrogen (secondary N) is 1. The van der Waals surface area contributed by atoms with E-state index >= 15 is 0 Å². The van der Waals surface area contributed by atoms with E-state index < -0.39 is 18.3 Å². The molecule has 6 heteroatoms. The van der Waals surface area contributed by atoms with Gasteiger partial charge in [-0.2, -0.15) is 0 Å². The van der Waals surface area contributed by atoms with Crippen molar-refractivity contribution >= 4 is 17.4 Å². The average molecular weight is 424 g/mol. The quantitative estimate of drug-likeness (QED) is 0.527. The predicted octanol–water partition coefficient (Wildman–Crippen LogP) is 4.38. The molecule has 2 aromatic carbocycles. The minimum atomic E-state index is -0.951. The lowest BCUT2D eigenvalue weighted by Gasteiger charge is -2.17. The molecule has 0 spiro atoms. The van der Waals surface area contributed by atoms with Crippen molar-refractivity contribution in [3.05, 3.63) is 81.5 Å². The van der Waals surface area contributed by atoms with Gasteiger partial charge in [-0.1, -0.05) is 48.5 Å². The van der Waals surface area contributed by atoms with Gasteiger partial charge in [-0.15, -0.1) is 11.3 Å². The summed E-state index contributed by atoms with van der Waals surface area (Å²) in [5.41, 5.74) is 4.69. The lowest BCUT2D eigenvalue weighted by Crippen LogP contribution is -2.30. The summed E-state index contributed by atoms with van der Waals surface area (Å²) in [6.45, 7) is 2.42. The number of ether oxygens (including phenoxy) is 1. The summed E-state index contributed by atoms with van der Waals surface area (Å²) < 4.78 is 5.48. The highest BCUT2D eigenvalue weighted by Crippen LogP contribution is 2.44. The highest BCUT2D eigenvalue weighted by Gasteiger charge is 2.29. The number of fused-ring (bicyclic) bond motifs is 3. The number of aliphatic hydroxyl groups is 2. The van der Waals surface area contributed by atoms with Gasteiger partial charge in [0.25, 0.3) is 0 Å². The maximum Gasteiger partial charge on any atom is 0.407 e. The Labute approximate surface area is 180 Å². The fourth-order valence-corrected chi connectivity index (χ4v) is 4.85.